The van der Waals surface area contributed by atoms with Crippen molar-refractivity contribution >= 4 is 0 Å². The fourth-order valence-electron chi connectivity index (χ4n) is 1.84. The minimum absolute atomic E-state index is 0.508. The van der Waals surface area contributed by atoms with Gasteiger partial charge in [-0.15, -0.1) is 0 Å². The van der Waals surface area contributed by atoms with Crippen LogP contribution in [0.25, 0.3) is 0 Å². The van der Waals surface area contributed by atoms with E-state index in [1.54, 1.807) is 14.0 Å². The number of aliphatic hydroxyl groups is 1. The van der Waals surface area contributed by atoms with E-state index in [0.29, 0.717) is 13.0 Å². The van der Waals surface area contributed by atoms with Gasteiger partial charge in [0.2, 0.25) is 0 Å². The van der Waals surface area contributed by atoms with Crippen LogP contribution in [0, 0.1) is 16.7 Å². The van der Waals surface area contributed by atoms with Crippen LogP contribution in [0.5, 0.6) is 0 Å². The molecule has 0 amide bonds. The summed E-state index contributed by atoms with van der Waals surface area (Å²) < 4.78 is 4.92. The Labute approximate surface area is 79.3 Å². The van der Waals surface area contributed by atoms with Crippen LogP contribution in [-0.2, 0) is 4.74 Å². The van der Waals surface area contributed by atoms with Crippen molar-refractivity contribution in [1.82, 2.24) is 0 Å². The molecule has 0 heterocycles. The highest BCUT2D eigenvalue weighted by Gasteiger charge is 2.51. The standard InChI is InChI=1S/C10H17NO2/c1-9(12,6-7-13-2)10(8-11)4-3-5-10/h12H,3-7H2,1-2H3. The molecule has 13 heavy (non-hydrogen) atoms. The topological polar surface area (TPSA) is 53.2 Å². The van der Waals surface area contributed by atoms with Crippen molar-refractivity contribution in [2.75, 3.05) is 13.7 Å². The summed E-state index contributed by atoms with van der Waals surface area (Å²) in [5.41, 5.74) is -1.40. The molecular formula is C10H17NO2. The average Bonchev–Trinajstić information content (AvgIpc) is 1.99. The molecule has 1 atom stereocenters. The first-order chi connectivity index (χ1) is 6.08. The lowest BCUT2D eigenvalue weighted by molar-refractivity contribution is -0.0946. The molecule has 1 fully saturated rings. The zero-order valence-corrected chi connectivity index (χ0v) is 8.34. The second-order valence-electron chi connectivity index (χ2n) is 4.06. The maximum Gasteiger partial charge on any atom is 0.0858 e. The second-order valence-corrected chi connectivity index (χ2v) is 4.06. The van der Waals surface area contributed by atoms with E-state index >= 15 is 0 Å². The van der Waals surface area contributed by atoms with Crippen LogP contribution in [0.1, 0.15) is 32.6 Å². The number of ether oxygens (including phenoxy) is 1. The Bertz CT molecular complexity index is 213. The minimum Gasteiger partial charge on any atom is -0.388 e. The van der Waals surface area contributed by atoms with Gasteiger partial charge in [0, 0.05) is 20.1 Å². The largest absolute Gasteiger partial charge is 0.388 e. The highest BCUT2D eigenvalue weighted by Crippen LogP contribution is 2.49. The first-order valence-corrected chi connectivity index (χ1v) is 4.70. The molecule has 1 saturated carbocycles. The van der Waals surface area contributed by atoms with Crippen molar-refractivity contribution in [3.05, 3.63) is 0 Å². The van der Waals surface area contributed by atoms with Crippen LogP contribution in [0.15, 0.2) is 0 Å². The number of hydrogen-bond donors (Lipinski definition) is 1. The fraction of sp³-hybridized carbons (Fsp3) is 0.900. The van der Waals surface area contributed by atoms with Crippen LogP contribution >= 0.6 is 0 Å². The van der Waals surface area contributed by atoms with Gasteiger partial charge in [0.05, 0.1) is 17.1 Å². The van der Waals surface area contributed by atoms with Crippen LogP contribution in [0.2, 0.25) is 0 Å². The van der Waals surface area contributed by atoms with Gasteiger partial charge in [-0.05, 0) is 19.8 Å². The van der Waals surface area contributed by atoms with E-state index in [2.05, 4.69) is 6.07 Å². The van der Waals surface area contributed by atoms with Gasteiger partial charge < -0.3 is 9.84 Å². The lowest BCUT2D eigenvalue weighted by atomic mass is 9.59. The van der Waals surface area contributed by atoms with Crippen molar-refractivity contribution in [3.8, 4) is 6.07 Å². The van der Waals surface area contributed by atoms with Gasteiger partial charge in [0.25, 0.3) is 0 Å². The Morgan fingerprint density at radius 2 is 2.23 bits per heavy atom. The van der Waals surface area contributed by atoms with E-state index < -0.39 is 11.0 Å². The second kappa shape index (κ2) is 3.65. The molecule has 0 radical (unpaired) electrons. The molecular weight excluding hydrogens is 166 g/mol. The van der Waals surface area contributed by atoms with Crippen molar-refractivity contribution in [3.63, 3.8) is 0 Å². The van der Waals surface area contributed by atoms with E-state index in [0.717, 1.165) is 19.3 Å². The fourth-order valence-corrected chi connectivity index (χ4v) is 1.84. The average molecular weight is 183 g/mol. The summed E-state index contributed by atoms with van der Waals surface area (Å²) in [4.78, 5) is 0. The normalized spacial score (nSPS) is 24.2. The number of hydrogen-bond acceptors (Lipinski definition) is 3. The van der Waals surface area contributed by atoms with Gasteiger partial charge in [-0.3, -0.25) is 0 Å². The van der Waals surface area contributed by atoms with E-state index in [4.69, 9.17) is 10.00 Å². The molecule has 1 rings (SSSR count). The molecule has 74 valence electrons. The van der Waals surface area contributed by atoms with Gasteiger partial charge in [-0.1, -0.05) is 6.42 Å². The Balaban J connectivity index is 2.61. The van der Waals surface area contributed by atoms with Gasteiger partial charge in [-0.25, -0.2) is 0 Å². The number of methoxy groups -OCH3 is 1. The SMILES string of the molecule is COCCC(C)(O)C1(C#N)CCC1. The highest BCUT2D eigenvalue weighted by molar-refractivity contribution is 5.14. The van der Waals surface area contributed by atoms with Crippen molar-refractivity contribution in [1.29, 1.82) is 5.26 Å². The van der Waals surface area contributed by atoms with Crippen molar-refractivity contribution < 1.29 is 9.84 Å². The smallest absolute Gasteiger partial charge is 0.0858 e. The maximum atomic E-state index is 10.1. The quantitative estimate of drug-likeness (QED) is 0.718. The van der Waals surface area contributed by atoms with Crippen molar-refractivity contribution in [2.45, 2.75) is 38.2 Å². The van der Waals surface area contributed by atoms with Gasteiger partial charge in [0.15, 0.2) is 0 Å². The Morgan fingerprint density at radius 3 is 2.54 bits per heavy atom. The minimum atomic E-state index is -0.893. The molecule has 0 aliphatic heterocycles. The Hall–Kier alpha value is -0.590. The molecule has 0 aromatic carbocycles. The predicted molar refractivity (Wildman–Crippen MR) is 49.0 cm³/mol. The van der Waals surface area contributed by atoms with E-state index in [1.807, 2.05) is 0 Å². The first kappa shape index (κ1) is 10.5. The summed E-state index contributed by atoms with van der Waals surface area (Å²) in [6.07, 6.45) is 3.23. The zero-order valence-electron chi connectivity index (χ0n) is 8.34. The van der Waals surface area contributed by atoms with E-state index in [9.17, 15) is 5.11 Å². The van der Waals surface area contributed by atoms with Crippen LogP contribution in [0.3, 0.4) is 0 Å². The Morgan fingerprint density at radius 1 is 1.62 bits per heavy atom. The third-order valence-electron chi connectivity index (χ3n) is 3.25. The molecule has 1 aliphatic carbocycles. The molecule has 1 N–H and O–H groups in total. The van der Waals surface area contributed by atoms with E-state index in [1.165, 1.54) is 0 Å². The predicted octanol–water partition coefficient (Wildman–Crippen LogP) is 1.47. The number of rotatable bonds is 4. The number of nitrogens with zero attached hydrogens (tertiary/aromatic N) is 1. The summed E-state index contributed by atoms with van der Waals surface area (Å²) in [5, 5.41) is 19.1. The molecule has 3 nitrogen and oxygen atoms in total. The van der Waals surface area contributed by atoms with Crippen LogP contribution in [-0.4, -0.2) is 24.4 Å². The highest BCUT2D eigenvalue weighted by atomic mass is 16.5. The summed E-state index contributed by atoms with van der Waals surface area (Å²) in [7, 11) is 1.61. The summed E-state index contributed by atoms with van der Waals surface area (Å²) in [5.74, 6) is 0. The lowest BCUT2D eigenvalue weighted by Gasteiger charge is -2.46. The van der Waals surface area contributed by atoms with Crippen LogP contribution in [0.4, 0.5) is 0 Å². The lowest BCUT2D eigenvalue weighted by Crippen LogP contribution is -2.50. The molecule has 1 aliphatic rings. The molecule has 0 bridgehead atoms. The first-order valence-electron chi connectivity index (χ1n) is 4.70. The van der Waals surface area contributed by atoms with Crippen LogP contribution < -0.4 is 0 Å². The third-order valence-corrected chi connectivity index (χ3v) is 3.25. The molecule has 0 spiro atoms. The zero-order chi connectivity index (χ0) is 9.95. The van der Waals surface area contributed by atoms with Crippen molar-refractivity contribution in [2.24, 2.45) is 5.41 Å². The molecule has 1 unspecified atom stereocenters. The van der Waals surface area contributed by atoms with Gasteiger partial charge in [0.1, 0.15) is 0 Å². The summed E-state index contributed by atoms with van der Waals surface area (Å²) in [6, 6.07) is 2.26. The van der Waals surface area contributed by atoms with Gasteiger partial charge >= 0.3 is 0 Å². The molecule has 0 aromatic rings. The molecule has 3 heteroatoms. The maximum absolute atomic E-state index is 10.1. The molecule has 0 saturated heterocycles. The third kappa shape index (κ3) is 1.70. The summed E-state index contributed by atoms with van der Waals surface area (Å²) in [6.45, 7) is 2.25. The summed E-state index contributed by atoms with van der Waals surface area (Å²) >= 11 is 0. The molecule has 0 aromatic heterocycles. The monoisotopic (exact) mass is 183 g/mol. The number of nitriles is 1. The van der Waals surface area contributed by atoms with Gasteiger partial charge in [-0.2, -0.15) is 5.26 Å². The van der Waals surface area contributed by atoms with E-state index in [-0.39, 0.29) is 0 Å². The Kier molecular flexibility index (Phi) is 2.94.